The van der Waals surface area contributed by atoms with Crippen molar-refractivity contribution in [2.75, 3.05) is 52.0 Å². The molecule has 0 aliphatic heterocycles. The van der Waals surface area contributed by atoms with Crippen molar-refractivity contribution >= 4 is 35.3 Å². The summed E-state index contributed by atoms with van der Waals surface area (Å²) in [5.41, 5.74) is -24.5. The molecule has 0 radical (unpaired) electrons. The molecule has 8 aromatic rings. The minimum absolute atomic E-state index is 0.0853. The second-order valence-electron chi connectivity index (χ2n) is 18.6. The molecule has 0 atom stereocenters. The highest BCUT2D eigenvalue weighted by Crippen LogP contribution is 2.37. The molecule has 96 heavy (non-hydrogen) atoms. The van der Waals surface area contributed by atoms with Crippen LogP contribution < -0.4 is 11.1 Å². The number of carbonyl (C=O) groups excluding carboxylic acids is 2. The molecule has 10 rings (SSSR count). The Labute approximate surface area is 639 Å². The van der Waals surface area contributed by atoms with Crippen molar-refractivity contribution in [3.63, 3.8) is 0 Å². The molecule has 2 aliphatic rings. The predicted molar refractivity (Wildman–Crippen MR) is 363 cm³/mol. The number of amides is 2. The third kappa shape index (κ3) is 18.8. The van der Waals surface area contributed by atoms with Crippen molar-refractivity contribution in [1.82, 2.24) is 38.7 Å². The number of thioether (sulfide) groups is 2. The van der Waals surface area contributed by atoms with Crippen LogP contribution in [0.25, 0.3) is 22.3 Å². The lowest BCUT2D eigenvalue weighted by Crippen LogP contribution is -2.40. The molecule has 2 aliphatic carbocycles. The molecule has 2 amide bonds. The van der Waals surface area contributed by atoms with Gasteiger partial charge in [-0.05, 0) is 170 Å². The smallest absolute Gasteiger partial charge is 0.336 e. The molecular weight excluding hydrogens is 1280 g/mol. The normalized spacial score (nSPS) is 25.6. The quantitative estimate of drug-likeness (QED) is 0.0295. The minimum atomic E-state index is -5.34. The van der Waals surface area contributed by atoms with Crippen LogP contribution in [-0.2, 0) is 85.0 Å². The highest BCUT2D eigenvalue weighted by atomic mass is 32.2. The monoisotopic (exact) mass is 1410 g/mol. The fourth-order valence-electron chi connectivity index (χ4n) is 7.83. The molecule has 0 fully saturated rings. The number of alkyl halides is 6. The standard InChI is InChI=1S/2C37H40F4N4O2S/c2*1-4-43(5-2)19-20-44(22-26-9-13-28(14-10-26)29-15-18-32(25(3)21-29)37(39,40)41)34(46)23-45-33-8-6-7-31(33)35(47)42-36(45)48-24-27-11-16-30(38)17-12-27/h2*9-18,21H,4-8,19-20,22-24H2,1-3H3/i2*4D2,5D2,6D2,7D2,8D2,9D,10D,11D,12D,13D,14D,15D,16D,17D,18D,19D2,20D2,21D,22D2. The summed E-state index contributed by atoms with van der Waals surface area (Å²) in [7, 11) is 0. The van der Waals surface area contributed by atoms with E-state index in [-0.39, 0.29) is 32.7 Å². The zero-order chi connectivity index (χ0) is 117. The lowest BCUT2D eigenvalue weighted by molar-refractivity contribution is -0.138. The van der Waals surface area contributed by atoms with Gasteiger partial charge >= 0.3 is 12.4 Å². The molecule has 0 spiro atoms. The van der Waals surface area contributed by atoms with Crippen molar-refractivity contribution in [3.05, 3.63) is 232 Å². The van der Waals surface area contributed by atoms with Crippen LogP contribution >= 0.6 is 23.5 Å². The number of benzene rings is 6. The van der Waals surface area contributed by atoms with Crippen molar-refractivity contribution in [2.45, 2.75) is 140 Å². The number of fused-ring (bicyclic) bond motifs is 2. The summed E-state index contributed by atoms with van der Waals surface area (Å²) < 4.78 is 579. The second-order valence-corrected chi connectivity index (χ2v) is 20.5. The summed E-state index contributed by atoms with van der Waals surface area (Å²) >= 11 is 0.171. The molecule has 0 bridgehead atoms. The van der Waals surface area contributed by atoms with Crippen molar-refractivity contribution in [2.24, 2.45) is 0 Å². The average molecular weight is 1420 g/mol. The zero-order valence-electron chi connectivity index (χ0n) is 104. The molecule has 12 nitrogen and oxygen atoms in total. The molecule has 22 heteroatoms. The number of hydrogen-bond donors (Lipinski definition) is 0. The summed E-state index contributed by atoms with van der Waals surface area (Å²) in [6.45, 7) is -41.1. The fourth-order valence-corrected chi connectivity index (χ4v) is 9.58. The molecule has 508 valence electrons. The van der Waals surface area contributed by atoms with Crippen molar-refractivity contribution < 1.29 is 119 Å². The lowest BCUT2D eigenvalue weighted by atomic mass is 9.98. The van der Waals surface area contributed by atoms with E-state index in [2.05, 4.69) is 9.97 Å². The van der Waals surface area contributed by atoms with E-state index in [4.69, 9.17) is 63.1 Å². The molecule has 0 N–H and O–H groups in total. The first-order chi connectivity index (χ1) is 66.9. The number of aromatic nitrogens is 4. The molecule has 0 saturated heterocycles. The Hall–Kier alpha value is -7.92. The molecule has 6 aromatic carbocycles. The third-order valence-corrected chi connectivity index (χ3v) is 14.3. The van der Waals surface area contributed by atoms with Gasteiger partial charge in [-0.15, -0.1) is 0 Å². The number of nitrogens with zero attached hydrogens (tertiary/aromatic N) is 8. The molecule has 0 saturated carbocycles. The Balaban J connectivity index is 0.000000333. The first-order valence-electron chi connectivity index (χ1n) is 53.8. The maximum absolute atomic E-state index is 15.3. The molecular formula is C74H80F8N8O4S2. The Bertz CT molecular complexity index is 6450. The van der Waals surface area contributed by atoms with Gasteiger partial charge in [0, 0.05) is 106 Å². The molecule has 2 heterocycles. The van der Waals surface area contributed by atoms with Crippen LogP contribution in [0.5, 0.6) is 0 Å². The highest BCUT2D eigenvalue weighted by molar-refractivity contribution is 7.98. The zero-order valence-corrected chi connectivity index (χ0v) is 51.5. The van der Waals surface area contributed by atoms with E-state index in [0.717, 1.165) is 0 Å². The molecule has 2 aromatic heterocycles. The number of hydrogen-bond acceptors (Lipinski definition) is 10. The van der Waals surface area contributed by atoms with Gasteiger partial charge in [0.1, 0.15) is 24.7 Å². The van der Waals surface area contributed by atoms with Crippen LogP contribution in [0.15, 0.2) is 153 Å². The molecule has 0 unspecified atom stereocenters. The summed E-state index contributed by atoms with van der Waals surface area (Å²) in [4.78, 5) is 62.6. The lowest BCUT2D eigenvalue weighted by Gasteiger charge is -2.28. The van der Waals surface area contributed by atoms with Gasteiger partial charge in [-0.3, -0.25) is 19.2 Å². The van der Waals surface area contributed by atoms with Crippen LogP contribution in [-0.4, -0.2) is 102 Å². The number of carbonyl (C=O) groups is 2. The summed E-state index contributed by atoms with van der Waals surface area (Å²) in [6, 6.07) is -30.5. The van der Waals surface area contributed by atoms with Gasteiger partial charge in [-0.1, -0.05) is 148 Å². The second kappa shape index (κ2) is 32.9. The predicted octanol–water partition coefficient (Wildman–Crippen LogP) is 15.1. The van der Waals surface area contributed by atoms with Gasteiger partial charge in [0.15, 0.2) is 10.3 Å². The van der Waals surface area contributed by atoms with Gasteiger partial charge in [0.25, 0.3) is 11.1 Å². The van der Waals surface area contributed by atoms with Crippen molar-refractivity contribution in [1.29, 1.82) is 0 Å². The van der Waals surface area contributed by atoms with Gasteiger partial charge in [-0.25, -0.2) is 8.78 Å². The number of halogens is 8. The Morgan fingerprint density at radius 3 is 1.17 bits per heavy atom. The van der Waals surface area contributed by atoms with Crippen LogP contribution in [0.3, 0.4) is 0 Å². The van der Waals surface area contributed by atoms with Gasteiger partial charge in [-0.2, -0.15) is 36.3 Å². The van der Waals surface area contributed by atoms with E-state index >= 15 is 9.59 Å². The SMILES string of the molecule is [2H]c1c([2H])c(CSc2nc(=O)c3c(n2CC(=O)N(C([2H])([2H])c2c([2H])c([2H])c(-c4c([2H])c([2H])c(C(F)(F)F)c(C)c4[2H])c([2H])c2[2H])C([2H])([2H])C([2H])([2H])N(C([2H])([2H])C)C([2H])([2H])C)C([2H])([2H])C([2H])([2H])C3([2H])[2H])c([2H])c([2H])c1F.[2H]c1c([2H])c(CSc2nc(=O)c3c(n2CC(=O)N(C([2H])([2H])c2c([2H])c([2H])c(-c4c([2H])c([2H])c(C(F)(F)F)c(C)c4[2H])c([2H])c2[2H])C([2H])([2H])C([2H])([2H])N(C([2H])([2H])C)C([2H])([2H])C)C([2H])([2H])C([2H])([2H])C3([2H])[2H])c([2H])c([2H])c1F. The van der Waals surface area contributed by atoms with Crippen LogP contribution in [0.1, 0.15) is 181 Å². The van der Waals surface area contributed by atoms with E-state index < -0.39 is 427 Å². The van der Waals surface area contributed by atoms with E-state index in [1.807, 2.05) is 0 Å². The fraction of sp³-hybridized carbons (Fsp3) is 0.378. The summed E-state index contributed by atoms with van der Waals surface area (Å²) in [6.07, 6.45) is -33.3. The van der Waals surface area contributed by atoms with E-state index in [1.165, 1.54) is 0 Å². The van der Waals surface area contributed by atoms with Crippen molar-refractivity contribution in [3.8, 4) is 22.3 Å². The largest absolute Gasteiger partial charge is 0.416 e. The topological polar surface area (TPSA) is 117 Å². The summed E-state index contributed by atoms with van der Waals surface area (Å²) in [5.74, 6) is -9.72. The van der Waals surface area contributed by atoms with Crippen LogP contribution in [0, 0.1) is 25.5 Å². The maximum atomic E-state index is 15.3. The first kappa shape index (κ1) is 29.7. The summed E-state index contributed by atoms with van der Waals surface area (Å²) in [5, 5.41) is -2.14. The van der Waals surface area contributed by atoms with Gasteiger partial charge in [0.2, 0.25) is 11.8 Å². The van der Waals surface area contributed by atoms with E-state index in [9.17, 15) is 55.7 Å². The van der Waals surface area contributed by atoms with E-state index in [1.54, 1.807) is 0 Å². The van der Waals surface area contributed by atoms with Gasteiger partial charge in [0.05, 0.1) is 52.2 Å². The Kier molecular flexibility index (Phi) is 10.2. The average Bonchev–Trinajstić information content (AvgIpc) is 1.55. The number of likely N-dealkylation sites (N-methyl/N-ethyl adjacent to an activating group) is 2. The Morgan fingerprint density at radius 2 is 0.833 bits per heavy atom. The first-order valence-corrected chi connectivity index (χ1v) is 28.8. The van der Waals surface area contributed by atoms with Crippen LogP contribution in [0.2, 0.25) is 0 Å². The van der Waals surface area contributed by atoms with Crippen LogP contribution in [0.4, 0.5) is 35.1 Å². The van der Waals surface area contributed by atoms with Gasteiger partial charge < -0.3 is 28.7 Å². The van der Waals surface area contributed by atoms with E-state index in [0.29, 0.717) is 41.5 Å². The highest BCUT2D eigenvalue weighted by Gasteiger charge is 2.34. The Morgan fingerprint density at radius 1 is 0.500 bits per heavy atom. The number of rotatable bonds is 26. The maximum Gasteiger partial charge on any atom is 0.416 e. The minimum Gasteiger partial charge on any atom is -0.336 e. The third-order valence-electron chi connectivity index (χ3n) is 12.3.